The van der Waals surface area contributed by atoms with Gasteiger partial charge < -0.3 is 9.94 Å². The van der Waals surface area contributed by atoms with Gasteiger partial charge in [-0.3, -0.25) is 0 Å². The minimum atomic E-state index is -4.80. The van der Waals surface area contributed by atoms with E-state index >= 15 is 0 Å². The fourth-order valence-corrected chi connectivity index (χ4v) is 1.83. The lowest BCUT2D eigenvalue weighted by atomic mass is 10.2. The maximum Gasteiger partial charge on any atom is 0.435 e. The summed E-state index contributed by atoms with van der Waals surface area (Å²) >= 11 is 0. The first-order chi connectivity index (χ1) is 11.6. The molecular formula is C15H11F3N4O3. The summed E-state index contributed by atoms with van der Waals surface area (Å²) in [5.74, 6) is -1.51. The molecule has 0 aliphatic carbocycles. The number of aromatic nitrogens is 2. The van der Waals surface area contributed by atoms with Gasteiger partial charge in [0.05, 0.1) is 17.0 Å². The highest BCUT2D eigenvalue weighted by Gasteiger charge is 2.36. The summed E-state index contributed by atoms with van der Waals surface area (Å²) in [5, 5.41) is 25.2. The van der Waals surface area contributed by atoms with Crippen LogP contribution in [-0.2, 0) is 6.18 Å². The van der Waals surface area contributed by atoms with Gasteiger partial charge in [-0.15, -0.1) is 0 Å². The third kappa shape index (κ3) is 3.95. The Kier molecular flexibility index (Phi) is 4.78. The van der Waals surface area contributed by atoms with Gasteiger partial charge >= 0.3 is 12.1 Å². The largest absolute Gasteiger partial charge is 0.477 e. The van der Waals surface area contributed by atoms with Crippen molar-refractivity contribution in [2.24, 2.45) is 5.16 Å². The monoisotopic (exact) mass is 352 g/mol. The molecule has 0 fully saturated rings. The molecule has 130 valence electrons. The van der Waals surface area contributed by atoms with E-state index in [9.17, 15) is 18.0 Å². The molecule has 1 N–H and O–H groups in total. The number of hydrogen-bond acceptors (Lipinski definition) is 5. The van der Waals surface area contributed by atoms with Crippen molar-refractivity contribution < 1.29 is 27.9 Å². The second kappa shape index (κ2) is 6.64. The van der Waals surface area contributed by atoms with Gasteiger partial charge in [-0.05, 0) is 32.0 Å². The summed E-state index contributed by atoms with van der Waals surface area (Å²) in [7, 11) is 0. The number of nitriles is 1. The molecule has 0 aliphatic heterocycles. The highest BCUT2D eigenvalue weighted by molar-refractivity contribution is 5.86. The second-order valence-corrected chi connectivity index (χ2v) is 5.05. The zero-order valence-electron chi connectivity index (χ0n) is 13.0. The van der Waals surface area contributed by atoms with Crippen LogP contribution in [0.2, 0.25) is 0 Å². The second-order valence-electron chi connectivity index (χ2n) is 5.05. The molecule has 1 aromatic heterocycles. The smallest absolute Gasteiger partial charge is 0.435 e. The molecule has 0 bridgehead atoms. The zero-order chi connectivity index (χ0) is 18.8. The topological polar surface area (TPSA) is 100 Å². The molecule has 2 rings (SSSR count). The van der Waals surface area contributed by atoms with Crippen molar-refractivity contribution in [1.82, 2.24) is 9.78 Å². The molecule has 0 atom stereocenters. The van der Waals surface area contributed by atoms with E-state index in [0.29, 0.717) is 16.5 Å². The molecule has 0 unspecified atom stereocenters. The Morgan fingerprint density at radius 1 is 1.36 bits per heavy atom. The normalized spacial score (nSPS) is 10.9. The molecular weight excluding hydrogens is 341 g/mol. The number of aromatic carboxylic acids is 1. The van der Waals surface area contributed by atoms with Gasteiger partial charge in [0.2, 0.25) is 0 Å². The number of hydrogen-bond donors (Lipinski definition) is 1. The number of rotatable bonds is 4. The highest BCUT2D eigenvalue weighted by atomic mass is 19.4. The maximum atomic E-state index is 12.8. The Morgan fingerprint density at radius 3 is 2.56 bits per heavy atom. The number of carbonyl (C=O) groups is 1. The molecule has 0 saturated heterocycles. The molecule has 0 saturated carbocycles. The fraction of sp³-hybridized carbons (Fsp3) is 0.200. The van der Waals surface area contributed by atoms with Gasteiger partial charge in [-0.25, -0.2) is 9.48 Å². The van der Waals surface area contributed by atoms with Crippen molar-refractivity contribution in [1.29, 1.82) is 5.26 Å². The number of carboxylic acids is 1. The number of nitrogens with zero attached hydrogens (tertiary/aromatic N) is 4. The van der Waals surface area contributed by atoms with E-state index < -0.39 is 23.5 Å². The molecule has 25 heavy (non-hydrogen) atoms. The Balaban J connectivity index is 2.55. The molecule has 2 aromatic rings. The Morgan fingerprint density at radius 2 is 2.04 bits per heavy atom. The van der Waals surface area contributed by atoms with Crippen LogP contribution in [0.4, 0.5) is 13.2 Å². The van der Waals surface area contributed by atoms with Crippen LogP contribution >= 0.6 is 0 Å². The fourth-order valence-electron chi connectivity index (χ4n) is 1.83. The van der Waals surface area contributed by atoms with Crippen LogP contribution in [0.5, 0.6) is 5.75 Å². The van der Waals surface area contributed by atoms with Crippen LogP contribution < -0.4 is 4.84 Å². The Hall–Kier alpha value is -3.35. The van der Waals surface area contributed by atoms with E-state index in [-0.39, 0.29) is 17.0 Å². The molecule has 10 heteroatoms. The van der Waals surface area contributed by atoms with Crippen LogP contribution in [0.1, 0.15) is 35.6 Å². The van der Waals surface area contributed by atoms with E-state index in [0.717, 1.165) is 6.07 Å². The van der Waals surface area contributed by atoms with Crippen molar-refractivity contribution in [2.75, 3.05) is 0 Å². The first kappa shape index (κ1) is 18.0. The van der Waals surface area contributed by atoms with Crippen molar-refractivity contribution in [3.8, 4) is 17.5 Å². The molecule has 0 spiro atoms. The lowest BCUT2D eigenvalue weighted by Gasteiger charge is -2.07. The summed E-state index contributed by atoms with van der Waals surface area (Å²) in [5.41, 5.74) is -1.53. The average Bonchev–Trinajstić information content (AvgIpc) is 2.98. The summed E-state index contributed by atoms with van der Waals surface area (Å²) in [6, 6.07) is 5.96. The first-order valence-electron chi connectivity index (χ1n) is 6.76. The summed E-state index contributed by atoms with van der Waals surface area (Å²) in [6.45, 7) is 3.34. The summed E-state index contributed by atoms with van der Waals surface area (Å²) in [4.78, 5) is 16.3. The van der Waals surface area contributed by atoms with Gasteiger partial charge in [-0.2, -0.15) is 23.5 Å². The predicted molar refractivity (Wildman–Crippen MR) is 79.7 cm³/mol. The number of benzene rings is 1. The van der Waals surface area contributed by atoms with Gasteiger partial charge in [-0.1, -0.05) is 5.16 Å². The third-order valence-corrected chi connectivity index (χ3v) is 2.87. The van der Waals surface area contributed by atoms with Crippen LogP contribution in [0.15, 0.2) is 29.4 Å². The molecule has 0 radical (unpaired) electrons. The van der Waals surface area contributed by atoms with E-state index in [4.69, 9.17) is 15.2 Å². The number of carboxylic acid groups (broad SMARTS) is 1. The van der Waals surface area contributed by atoms with Crippen molar-refractivity contribution in [3.05, 3.63) is 41.2 Å². The van der Waals surface area contributed by atoms with Gasteiger partial charge in [0.25, 0.3) is 0 Å². The predicted octanol–water partition coefficient (Wildman–Crippen LogP) is 3.24. The quantitative estimate of drug-likeness (QED) is 0.672. The molecule has 1 heterocycles. The SMILES string of the molecule is CC(C)=NOc1ccc(-n2nc(C(F)(F)F)cc2C(=O)O)cc1C#N. The van der Waals surface area contributed by atoms with Crippen molar-refractivity contribution in [3.63, 3.8) is 0 Å². The van der Waals surface area contributed by atoms with Gasteiger partial charge in [0, 0.05) is 6.07 Å². The van der Waals surface area contributed by atoms with E-state index in [1.54, 1.807) is 13.8 Å². The van der Waals surface area contributed by atoms with Crippen LogP contribution in [0.3, 0.4) is 0 Å². The average molecular weight is 352 g/mol. The van der Waals surface area contributed by atoms with E-state index in [1.807, 2.05) is 6.07 Å². The maximum absolute atomic E-state index is 12.8. The molecule has 0 aliphatic rings. The standard InChI is InChI=1S/C15H11F3N4O3/c1-8(2)21-25-12-4-3-10(5-9(12)7-19)22-11(14(23)24)6-13(20-22)15(16,17)18/h3-6H,1-2H3,(H,23,24). The number of alkyl halides is 3. The van der Waals surface area contributed by atoms with Crippen LogP contribution in [0, 0.1) is 11.3 Å². The molecule has 7 nitrogen and oxygen atoms in total. The van der Waals surface area contributed by atoms with Crippen LogP contribution in [0.25, 0.3) is 5.69 Å². The lowest BCUT2D eigenvalue weighted by molar-refractivity contribution is -0.141. The summed E-state index contributed by atoms with van der Waals surface area (Å²) in [6.07, 6.45) is -4.80. The Labute approximate surface area is 139 Å². The summed E-state index contributed by atoms with van der Waals surface area (Å²) < 4.78 is 39.0. The highest BCUT2D eigenvalue weighted by Crippen LogP contribution is 2.30. The minimum absolute atomic E-state index is 0.0333. The van der Waals surface area contributed by atoms with Crippen molar-refractivity contribution in [2.45, 2.75) is 20.0 Å². The number of oxime groups is 1. The minimum Gasteiger partial charge on any atom is -0.477 e. The van der Waals surface area contributed by atoms with E-state index in [1.165, 1.54) is 12.1 Å². The first-order valence-corrected chi connectivity index (χ1v) is 6.76. The lowest BCUT2D eigenvalue weighted by Crippen LogP contribution is -2.09. The molecule has 1 aromatic carbocycles. The zero-order valence-corrected chi connectivity index (χ0v) is 13.0. The van der Waals surface area contributed by atoms with Gasteiger partial charge in [0.15, 0.2) is 17.1 Å². The Bertz CT molecular complexity index is 890. The molecule has 0 amide bonds. The number of halogens is 3. The van der Waals surface area contributed by atoms with Gasteiger partial charge in [0.1, 0.15) is 6.07 Å². The van der Waals surface area contributed by atoms with E-state index in [2.05, 4.69) is 10.3 Å². The van der Waals surface area contributed by atoms with Crippen LogP contribution in [-0.4, -0.2) is 26.6 Å². The van der Waals surface area contributed by atoms with Crippen molar-refractivity contribution >= 4 is 11.7 Å². The third-order valence-electron chi connectivity index (χ3n) is 2.87.